The summed E-state index contributed by atoms with van der Waals surface area (Å²) >= 11 is 0. The predicted octanol–water partition coefficient (Wildman–Crippen LogP) is 0.280. The number of hydrogen-bond acceptors (Lipinski definition) is 6. The van der Waals surface area contributed by atoms with Crippen LogP contribution in [0.1, 0.15) is 42.9 Å². The molecule has 158 valence electrons. The van der Waals surface area contributed by atoms with Crippen molar-refractivity contribution >= 4 is 11.9 Å². The zero-order chi connectivity index (χ0) is 20.8. The number of fused-ring (bicyclic) bond motifs is 4. The number of pyridine rings is 1. The molecule has 2 fully saturated rings. The molecule has 3 aliphatic rings. The maximum atomic E-state index is 13.1. The lowest BCUT2D eigenvalue weighted by Crippen LogP contribution is -2.62. The third-order valence-electron chi connectivity index (χ3n) is 6.71. The Bertz CT molecular complexity index is 876. The maximum absolute atomic E-state index is 13.1. The second-order valence-electron chi connectivity index (χ2n) is 8.97. The van der Waals surface area contributed by atoms with E-state index in [1.807, 2.05) is 21.6 Å². The molecule has 0 aromatic carbocycles. The quantitative estimate of drug-likeness (QED) is 0.711. The van der Waals surface area contributed by atoms with Crippen molar-refractivity contribution in [2.75, 3.05) is 33.8 Å². The number of likely N-dealkylation sites (N-methyl/N-ethyl adjacent to an activating group) is 1. The molecule has 1 aromatic rings. The number of hydrogen-bond donors (Lipinski definition) is 1. The van der Waals surface area contributed by atoms with E-state index < -0.39 is 5.54 Å². The van der Waals surface area contributed by atoms with Gasteiger partial charge in [-0.1, -0.05) is 6.07 Å². The lowest BCUT2D eigenvalue weighted by molar-refractivity contribution is -0.143. The van der Waals surface area contributed by atoms with Crippen LogP contribution in [0.25, 0.3) is 0 Å². The average molecular weight is 402 g/mol. The van der Waals surface area contributed by atoms with Gasteiger partial charge in [-0.05, 0) is 44.7 Å². The second kappa shape index (κ2) is 7.57. The Hall–Kier alpha value is -2.19. The van der Waals surface area contributed by atoms with E-state index in [1.165, 1.54) is 7.11 Å². The number of nitrogens with two attached hydrogens (primary N) is 1. The van der Waals surface area contributed by atoms with Gasteiger partial charge >= 0.3 is 5.97 Å². The molecule has 3 heterocycles. The zero-order valence-corrected chi connectivity index (χ0v) is 17.2. The molecule has 29 heavy (non-hydrogen) atoms. The number of nitrogens with zero attached hydrogens (tertiary/aromatic N) is 3. The van der Waals surface area contributed by atoms with Gasteiger partial charge in [0, 0.05) is 43.4 Å². The van der Waals surface area contributed by atoms with Crippen LogP contribution >= 0.6 is 0 Å². The molecule has 1 aromatic heterocycles. The van der Waals surface area contributed by atoms with Gasteiger partial charge in [-0.25, -0.2) is 0 Å². The minimum atomic E-state index is -0.667. The molecule has 2 bridgehead atoms. The first-order valence-corrected chi connectivity index (χ1v) is 10.4. The third kappa shape index (κ3) is 3.71. The largest absolute Gasteiger partial charge is 0.468 e. The zero-order valence-electron chi connectivity index (χ0n) is 17.2. The topological polar surface area (TPSA) is 97.9 Å². The van der Waals surface area contributed by atoms with Crippen LogP contribution in [0.15, 0.2) is 16.9 Å². The standard InChI is InChI=1S/C21H30N4O4/c1-23(13-18(26)29-2)11-15-4-5-17-16-8-14(10-25(17)19(15)27)9-24(12-16)20(28)21(22)6-3-7-21/h4-5,14,16H,3,6-13,22H2,1-2H3/t14-,16+/m0/s1. The Labute approximate surface area is 170 Å². The van der Waals surface area contributed by atoms with E-state index in [1.54, 1.807) is 11.9 Å². The van der Waals surface area contributed by atoms with Crippen LogP contribution in [-0.2, 0) is 27.4 Å². The van der Waals surface area contributed by atoms with Crippen LogP contribution in [0, 0.1) is 5.92 Å². The van der Waals surface area contributed by atoms with Crippen LogP contribution in [0.2, 0.25) is 0 Å². The van der Waals surface area contributed by atoms with Crippen LogP contribution in [0.5, 0.6) is 0 Å². The lowest BCUT2D eigenvalue weighted by atomic mass is 9.75. The fourth-order valence-electron chi connectivity index (χ4n) is 5.00. The SMILES string of the molecule is COC(=O)CN(C)Cc1ccc2n(c1=O)C[C@H]1C[C@@H]2CN(C(=O)C2(N)CCC2)C1. The molecule has 1 saturated heterocycles. The van der Waals surface area contributed by atoms with Gasteiger partial charge < -0.3 is 19.9 Å². The average Bonchev–Trinajstić information content (AvgIpc) is 2.67. The molecule has 0 radical (unpaired) electrons. The fourth-order valence-corrected chi connectivity index (χ4v) is 5.00. The highest BCUT2D eigenvalue weighted by Gasteiger charge is 2.46. The predicted molar refractivity (Wildman–Crippen MR) is 107 cm³/mol. The maximum Gasteiger partial charge on any atom is 0.319 e. The summed E-state index contributed by atoms with van der Waals surface area (Å²) in [7, 11) is 3.15. The van der Waals surface area contributed by atoms with Crippen LogP contribution in [0.4, 0.5) is 0 Å². The van der Waals surface area contributed by atoms with E-state index in [2.05, 4.69) is 0 Å². The summed E-state index contributed by atoms with van der Waals surface area (Å²) in [5, 5.41) is 0. The molecule has 4 rings (SSSR count). The molecule has 2 atom stereocenters. The van der Waals surface area contributed by atoms with Crippen molar-refractivity contribution in [2.24, 2.45) is 11.7 Å². The molecule has 0 unspecified atom stereocenters. The van der Waals surface area contributed by atoms with Crippen LogP contribution < -0.4 is 11.3 Å². The Balaban J connectivity index is 1.52. The van der Waals surface area contributed by atoms with Crippen molar-refractivity contribution in [1.29, 1.82) is 0 Å². The number of aromatic nitrogens is 1. The van der Waals surface area contributed by atoms with Crippen molar-refractivity contribution in [1.82, 2.24) is 14.4 Å². The lowest BCUT2D eigenvalue weighted by Gasteiger charge is -2.47. The van der Waals surface area contributed by atoms with E-state index in [9.17, 15) is 14.4 Å². The molecule has 1 amide bonds. The summed E-state index contributed by atoms with van der Waals surface area (Å²) < 4.78 is 6.57. The van der Waals surface area contributed by atoms with Crippen molar-refractivity contribution in [2.45, 2.75) is 50.2 Å². The highest BCUT2D eigenvalue weighted by atomic mass is 16.5. The third-order valence-corrected chi connectivity index (χ3v) is 6.71. The van der Waals surface area contributed by atoms with Crippen LogP contribution in [0.3, 0.4) is 0 Å². The van der Waals surface area contributed by atoms with Gasteiger partial charge in [-0.15, -0.1) is 0 Å². The Morgan fingerprint density at radius 2 is 2.03 bits per heavy atom. The molecule has 1 aliphatic carbocycles. The monoisotopic (exact) mass is 402 g/mol. The van der Waals surface area contributed by atoms with Gasteiger partial charge in [-0.2, -0.15) is 0 Å². The molecule has 2 aliphatic heterocycles. The number of piperidine rings is 1. The summed E-state index contributed by atoms with van der Waals surface area (Å²) in [5.41, 5.74) is 7.28. The second-order valence-corrected chi connectivity index (χ2v) is 8.97. The Morgan fingerprint density at radius 3 is 2.69 bits per heavy atom. The Morgan fingerprint density at radius 1 is 1.28 bits per heavy atom. The summed E-state index contributed by atoms with van der Waals surface area (Å²) in [5.74, 6) is 0.198. The van der Waals surface area contributed by atoms with E-state index in [0.29, 0.717) is 31.7 Å². The van der Waals surface area contributed by atoms with Gasteiger partial charge in [0.1, 0.15) is 0 Å². The molecule has 0 spiro atoms. The Kier molecular flexibility index (Phi) is 5.25. The van der Waals surface area contributed by atoms with Crippen molar-refractivity contribution in [3.05, 3.63) is 33.7 Å². The summed E-state index contributed by atoms with van der Waals surface area (Å²) in [4.78, 5) is 41.1. The molecule has 8 heteroatoms. The van der Waals surface area contributed by atoms with Crippen molar-refractivity contribution < 1.29 is 14.3 Å². The van der Waals surface area contributed by atoms with Crippen LogP contribution in [-0.4, -0.2) is 65.6 Å². The van der Waals surface area contributed by atoms with Gasteiger partial charge in [0.15, 0.2) is 0 Å². The molecule has 8 nitrogen and oxygen atoms in total. The number of amides is 1. The minimum absolute atomic E-state index is 0.00276. The fraction of sp³-hybridized carbons (Fsp3) is 0.667. The number of rotatable bonds is 5. The number of carbonyl (C=O) groups is 2. The summed E-state index contributed by atoms with van der Waals surface area (Å²) in [6, 6.07) is 3.87. The number of methoxy groups -OCH3 is 1. The molecular formula is C21H30N4O4. The normalized spacial score (nSPS) is 24.6. The summed E-state index contributed by atoms with van der Waals surface area (Å²) in [6.07, 6.45) is 3.57. The van der Waals surface area contributed by atoms with E-state index in [4.69, 9.17) is 10.5 Å². The van der Waals surface area contributed by atoms with E-state index >= 15 is 0 Å². The molecule has 2 N–H and O–H groups in total. The van der Waals surface area contributed by atoms with Gasteiger partial charge in [0.05, 0.1) is 19.2 Å². The summed E-state index contributed by atoms with van der Waals surface area (Å²) in [6.45, 7) is 2.47. The van der Waals surface area contributed by atoms with Gasteiger partial charge in [-0.3, -0.25) is 19.3 Å². The highest BCUT2D eigenvalue weighted by Crippen LogP contribution is 2.38. The van der Waals surface area contributed by atoms with Gasteiger partial charge in [0.2, 0.25) is 5.91 Å². The molecule has 1 saturated carbocycles. The van der Waals surface area contributed by atoms with E-state index in [0.717, 1.165) is 31.4 Å². The molecular weight excluding hydrogens is 372 g/mol. The first kappa shape index (κ1) is 20.1. The number of esters is 1. The van der Waals surface area contributed by atoms with Gasteiger partial charge in [0.25, 0.3) is 5.56 Å². The van der Waals surface area contributed by atoms with Crippen molar-refractivity contribution in [3.8, 4) is 0 Å². The number of likely N-dealkylation sites (tertiary alicyclic amines) is 1. The smallest absolute Gasteiger partial charge is 0.319 e. The highest BCUT2D eigenvalue weighted by molar-refractivity contribution is 5.87. The van der Waals surface area contributed by atoms with E-state index in [-0.39, 0.29) is 35.8 Å². The number of carbonyl (C=O) groups excluding carboxylic acids is 2. The first-order valence-electron chi connectivity index (χ1n) is 10.4. The van der Waals surface area contributed by atoms with Crippen molar-refractivity contribution in [3.63, 3.8) is 0 Å². The number of ether oxygens (including phenoxy) is 1. The minimum Gasteiger partial charge on any atom is -0.468 e. The first-order chi connectivity index (χ1) is 13.8.